The van der Waals surface area contributed by atoms with Crippen LogP contribution in [0.15, 0.2) is 18.3 Å². The highest BCUT2D eigenvalue weighted by atomic mass is 16.5. The van der Waals surface area contributed by atoms with Gasteiger partial charge < -0.3 is 19.5 Å². The minimum absolute atomic E-state index is 0.0153. The summed E-state index contributed by atoms with van der Waals surface area (Å²) < 4.78 is 11.0. The maximum absolute atomic E-state index is 12.8. The molecule has 1 aliphatic carbocycles. The minimum atomic E-state index is -0.0563. The Kier molecular flexibility index (Phi) is 6.04. The third kappa shape index (κ3) is 4.24. The number of hydrogen-bond donors (Lipinski definition) is 1. The van der Waals surface area contributed by atoms with Crippen molar-refractivity contribution >= 4 is 5.91 Å². The molecule has 1 aromatic rings. The van der Waals surface area contributed by atoms with E-state index < -0.39 is 0 Å². The number of hydrogen-bond acceptors (Lipinski definition) is 5. The number of rotatable bonds is 6. The molecule has 6 heteroatoms. The van der Waals surface area contributed by atoms with Crippen LogP contribution in [0.4, 0.5) is 0 Å². The van der Waals surface area contributed by atoms with Gasteiger partial charge in [0.2, 0.25) is 5.88 Å². The second kappa shape index (κ2) is 8.44. The van der Waals surface area contributed by atoms with Gasteiger partial charge in [-0.2, -0.15) is 0 Å². The molecule has 0 radical (unpaired) electrons. The fourth-order valence-electron chi connectivity index (χ4n) is 3.47. The summed E-state index contributed by atoms with van der Waals surface area (Å²) in [5.41, 5.74) is 0.545. The Morgan fingerprint density at radius 2 is 2.12 bits per heavy atom. The molecule has 132 valence electrons. The maximum Gasteiger partial charge on any atom is 0.255 e. The first-order valence-corrected chi connectivity index (χ1v) is 8.90. The molecule has 1 aliphatic heterocycles. The molecule has 3 rings (SSSR count). The fourth-order valence-corrected chi connectivity index (χ4v) is 3.47. The van der Waals surface area contributed by atoms with Crippen molar-refractivity contribution < 1.29 is 19.4 Å². The molecule has 1 saturated carbocycles. The van der Waals surface area contributed by atoms with Crippen LogP contribution in [0.3, 0.4) is 0 Å². The highest BCUT2D eigenvalue weighted by Gasteiger charge is 2.26. The smallest absolute Gasteiger partial charge is 0.255 e. The number of aliphatic hydroxyl groups is 1. The molecule has 0 spiro atoms. The molecule has 24 heavy (non-hydrogen) atoms. The SMILES string of the molecule is O=C(c1ccc(OC2CCOC2)nc1)N(CCO)C1CCCCC1. The van der Waals surface area contributed by atoms with Crippen molar-refractivity contribution in [2.24, 2.45) is 0 Å². The van der Waals surface area contributed by atoms with Crippen molar-refractivity contribution in [3.63, 3.8) is 0 Å². The Hall–Kier alpha value is -1.66. The lowest BCUT2D eigenvalue weighted by Gasteiger charge is -2.34. The Bertz CT molecular complexity index is 522. The van der Waals surface area contributed by atoms with Gasteiger partial charge in [-0.3, -0.25) is 4.79 Å². The van der Waals surface area contributed by atoms with E-state index in [0.29, 0.717) is 24.6 Å². The van der Waals surface area contributed by atoms with Gasteiger partial charge in [0.15, 0.2) is 0 Å². The van der Waals surface area contributed by atoms with Crippen LogP contribution in [-0.4, -0.2) is 59.4 Å². The summed E-state index contributed by atoms with van der Waals surface area (Å²) in [6.07, 6.45) is 8.05. The van der Waals surface area contributed by atoms with Crippen LogP contribution in [0, 0.1) is 0 Å². The number of ether oxygens (including phenoxy) is 2. The Morgan fingerprint density at radius 3 is 2.75 bits per heavy atom. The molecular weight excluding hydrogens is 308 g/mol. The minimum Gasteiger partial charge on any atom is -0.472 e. The number of aromatic nitrogens is 1. The summed E-state index contributed by atoms with van der Waals surface area (Å²) in [6.45, 7) is 1.67. The lowest BCUT2D eigenvalue weighted by Crippen LogP contribution is -2.43. The van der Waals surface area contributed by atoms with Crippen LogP contribution in [0.5, 0.6) is 5.88 Å². The third-order valence-electron chi connectivity index (χ3n) is 4.78. The number of carbonyl (C=O) groups excluding carboxylic acids is 1. The molecule has 1 N–H and O–H groups in total. The predicted octanol–water partition coefficient (Wildman–Crippen LogP) is 2.02. The van der Waals surface area contributed by atoms with Gasteiger partial charge in [0.1, 0.15) is 6.10 Å². The average Bonchev–Trinajstić information content (AvgIpc) is 3.13. The van der Waals surface area contributed by atoms with Gasteiger partial charge in [-0.05, 0) is 18.9 Å². The lowest BCUT2D eigenvalue weighted by atomic mass is 9.93. The quantitative estimate of drug-likeness (QED) is 0.862. The van der Waals surface area contributed by atoms with E-state index in [1.165, 1.54) is 6.42 Å². The molecule has 2 fully saturated rings. The molecule has 1 saturated heterocycles. The van der Waals surface area contributed by atoms with E-state index in [1.807, 2.05) is 4.90 Å². The number of carbonyl (C=O) groups is 1. The van der Waals surface area contributed by atoms with E-state index in [1.54, 1.807) is 18.3 Å². The van der Waals surface area contributed by atoms with Gasteiger partial charge in [-0.1, -0.05) is 19.3 Å². The highest BCUT2D eigenvalue weighted by Crippen LogP contribution is 2.24. The molecule has 1 amide bonds. The zero-order chi connectivity index (χ0) is 16.8. The summed E-state index contributed by atoms with van der Waals surface area (Å²) in [4.78, 5) is 18.9. The standard InChI is InChI=1S/C18H26N2O4/c21-10-9-20(15-4-2-1-3-5-15)18(22)14-6-7-17(19-12-14)24-16-8-11-23-13-16/h6-7,12,15-16,21H,1-5,8-11,13H2. The second-order valence-electron chi connectivity index (χ2n) is 6.50. The van der Waals surface area contributed by atoms with E-state index >= 15 is 0 Å². The number of nitrogens with zero attached hydrogens (tertiary/aromatic N) is 2. The van der Waals surface area contributed by atoms with Crippen LogP contribution in [0.2, 0.25) is 0 Å². The van der Waals surface area contributed by atoms with E-state index in [-0.39, 0.29) is 24.7 Å². The predicted molar refractivity (Wildman–Crippen MR) is 89.1 cm³/mol. The molecule has 6 nitrogen and oxygen atoms in total. The van der Waals surface area contributed by atoms with Crippen LogP contribution in [-0.2, 0) is 4.74 Å². The Morgan fingerprint density at radius 1 is 1.29 bits per heavy atom. The zero-order valence-corrected chi connectivity index (χ0v) is 14.0. The molecule has 2 aliphatic rings. The van der Waals surface area contributed by atoms with Crippen molar-refractivity contribution in [2.75, 3.05) is 26.4 Å². The Labute approximate surface area is 142 Å². The van der Waals surface area contributed by atoms with Gasteiger partial charge in [-0.25, -0.2) is 4.98 Å². The van der Waals surface area contributed by atoms with Crippen LogP contribution >= 0.6 is 0 Å². The average molecular weight is 334 g/mol. The van der Waals surface area contributed by atoms with Crippen LogP contribution < -0.4 is 4.74 Å². The van der Waals surface area contributed by atoms with E-state index in [2.05, 4.69) is 4.98 Å². The van der Waals surface area contributed by atoms with Gasteiger partial charge in [0, 0.05) is 31.3 Å². The largest absolute Gasteiger partial charge is 0.472 e. The van der Waals surface area contributed by atoms with E-state index in [4.69, 9.17) is 9.47 Å². The number of pyridine rings is 1. The first-order chi connectivity index (χ1) is 11.8. The molecule has 0 aromatic carbocycles. The topological polar surface area (TPSA) is 71.9 Å². The molecule has 1 unspecified atom stereocenters. The molecule has 1 atom stereocenters. The summed E-state index contributed by atoms with van der Waals surface area (Å²) in [5.74, 6) is 0.465. The third-order valence-corrected chi connectivity index (χ3v) is 4.78. The number of aliphatic hydroxyl groups excluding tert-OH is 1. The monoisotopic (exact) mass is 334 g/mol. The first-order valence-electron chi connectivity index (χ1n) is 8.90. The lowest BCUT2D eigenvalue weighted by molar-refractivity contribution is 0.0585. The Balaban J connectivity index is 1.65. The fraction of sp³-hybridized carbons (Fsp3) is 0.667. The van der Waals surface area contributed by atoms with E-state index in [9.17, 15) is 9.90 Å². The first kappa shape index (κ1) is 17.2. The van der Waals surface area contributed by atoms with Crippen molar-refractivity contribution in [3.05, 3.63) is 23.9 Å². The van der Waals surface area contributed by atoms with Crippen LogP contribution in [0.1, 0.15) is 48.9 Å². The van der Waals surface area contributed by atoms with Gasteiger partial charge >= 0.3 is 0 Å². The summed E-state index contributed by atoms with van der Waals surface area (Å²) >= 11 is 0. The van der Waals surface area contributed by atoms with Crippen LogP contribution in [0.25, 0.3) is 0 Å². The normalized spacial score (nSPS) is 21.6. The van der Waals surface area contributed by atoms with Crippen molar-refractivity contribution in [1.29, 1.82) is 0 Å². The molecular formula is C18H26N2O4. The highest BCUT2D eigenvalue weighted by molar-refractivity contribution is 5.94. The van der Waals surface area contributed by atoms with E-state index in [0.717, 1.165) is 38.7 Å². The van der Waals surface area contributed by atoms with Crippen molar-refractivity contribution in [1.82, 2.24) is 9.88 Å². The zero-order valence-electron chi connectivity index (χ0n) is 14.0. The van der Waals surface area contributed by atoms with Gasteiger partial charge in [0.25, 0.3) is 5.91 Å². The second-order valence-corrected chi connectivity index (χ2v) is 6.50. The number of amides is 1. The van der Waals surface area contributed by atoms with Crippen molar-refractivity contribution in [3.8, 4) is 5.88 Å². The molecule has 1 aromatic heterocycles. The molecule has 0 bridgehead atoms. The van der Waals surface area contributed by atoms with Gasteiger partial charge in [0.05, 0.1) is 25.4 Å². The summed E-state index contributed by atoms with van der Waals surface area (Å²) in [6, 6.07) is 3.72. The van der Waals surface area contributed by atoms with Gasteiger partial charge in [-0.15, -0.1) is 0 Å². The summed E-state index contributed by atoms with van der Waals surface area (Å²) in [5, 5.41) is 9.33. The maximum atomic E-state index is 12.8. The molecule has 2 heterocycles. The van der Waals surface area contributed by atoms with Crippen molar-refractivity contribution in [2.45, 2.75) is 50.7 Å². The summed E-state index contributed by atoms with van der Waals surface area (Å²) in [7, 11) is 0.